The summed E-state index contributed by atoms with van der Waals surface area (Å²) in [6, 6.07) is 0. The van der Waals surface area contributed by atoms with Crippen LogP contribution in [-0.2, 0) is 9.36 Å². The third-order valence-electron chi connectivity index (χ3n) is 2.53. The van der Waals surface area contributed by atoms with Crippen molar-refractivity contribution in [3.8, 4) is 0 Å². The third-order valence-corrected chi connectivity index (χ3v) is 4.02. The van der Waals surface area contributed by atoms with Crippen LogP contribution in [0.4, 0.5) is 0 Å². The molecule has 0 fully saturated rings. The quantitative estimate of drug-likeness (QED) is 0.506. The molecule has 0 aliphatic heterocycles. The van der Waals surface area contributed by atoms with E-state index in [1.165, 1.54) is 6.92 Å². The van der Waals surface area contributed by atoms with Crippen LogP contribution < -0.4 is 0 Å². The molecule has 0 heterocycles. The van der Waals surface area contributed by atoms with Gasteiger partial charge in [0.25, 0.3) is 0 Å². The highest BCUT2D eigenvalue weighted by atomic mass is 31.2. The van der Waals surface area contributed by atoms with Gasteiger partial charge >= 0.3 is 13.6 Å². The van der Waals surface area contributed by atoms with Crippen molar-refractivity contribution >= 4 is 13.6 Å². The fraction of sp³-hybridized carbons (Fsp3) is 0.889. The number of rotatable bonds is 7. The van der Waals surface area contributed by atoms with Gasteiger partial charge in [-0.1, -0.05) is 26.7 Å². The van der Waals surface area contributed by atoms with Gasteiger partial charge in [-0.15, -0.1) is 0 Å². The fourth-order valence-electron chi connectivity index (χ4n) is 1.40. The van der Waals surface area contributed by atoms with Gasteiger partial charge in [-0.3, -0.25) is 9.36 Å². The smallest absolute Gasteiger partial charge is 0.356 e. The monoisotopic (exact) mass is 254 g/mol. The number of hydrogen-bond acceptors (Lipinski definition) is 3. The van der Waals surface area contributed by atoms with E-state index in [0.29, 0.717) is 12.8 Å². The maximum absolute atomic E-state index is 11.2. The molecule has 0 bridgehead atoms. The van der Waals surface area contributed by atoms with E-state index < -0.39 is 31.2 Å². The molecule has 2 unspecified atom stereocenters. The molecule has 0 amide bonds. The zero-order valence-electron chi connectivity index (χ0n) is 9.46. The predicted octanol–water partition coefficient (Wildman–Crippen LogP) is 1.15. The third kappa shape index (κ3) is 4.22. The van der Waals surface area contributed by atoms with Crippen molar-refractivity contribution in [2.75, 3.05) is 0 Å². The molecule has 7 heteroatoms. The second-order valence-corrected chi connectivity index (χ2v) is 5.99. The van der Waals surface area contributed by atoms with E-state index >= 15 is 0 Å². The van der Waals surface area contributed by atoms with E-state index in [9.17, 15) is 14.5 Å². The SMILES string of the molecule is CCCCC(O)(CC(C)C(=O)O)P(=O)(O)O. The summed E-state index contributed by atoms with van der Waals surface area (Å²) in [6.07, 6.45) is 0.579. The van der Waals surface area contributed by atoms with Crippen LogP contribution in [0.3, 0.4) is 0 Å². The molecular formula is C9H19O6P. The van der Waals surface area contributed by atoms with Gasteiger partial charge in [-0.05, 0) is 6.42 Å². The average molecular weight is 254 g/mol. The molecule has 96 valence electrons. The minimum absolute atomic E-state index is 0.0919. The summed E-state index contributed by atoms with van der Waals surface area (Å²) in [6.45, 7) is 3.13. The van der Waals surface area contributed by atoms with Crippen LogP contribution >= 0.6 is 7.60 Å². The van der Waals surface area contributed by atoms with E-state index in [4.69, 9.17) is 14.9 Å². The van der Waals surface area contributed by atoms with Gasteiger partial charge in [-0.2, -0.15) is 0 Å². The highest BCUT2D eigenvalue weighted by molar-refractivity contribution is 7.53. The van der Waals surface area contributed by atoms with Crippen LogP contribution in [0.5, 0.6) is 0 Å². The molecule has 0 aliphatic rings. The zero-order valence-corrected chi connectivity index (χ0v) is 10.4. The van der Waals surface area contributed by atoms with Crippen molar-refractivity contribution in [2.45, 2.75) is 44.9 Å². The average Bonchev–Trinajstić information content (AvgIpc) is 2.12. The van der Waals surface area contributed by atoms with Crippen LogP contribution in [0, 0.1) is 5.92 Å². The second kappa shape index (κ2) is 5.77. The number of hydrogen-bond donors (Lipinski definition) is 4. The number of aliphatic carboxylic acids is 1. The number of carbonyl (C=O) groups is 1. The number of unbranched alkanes of at least 4 members (excludes halogenated alkanes) is 1. The van der Waals surface area contributed by atoms with E-state index in [1.54, 1.807) is 0 Å². The highest BCUT2D eigenvalue weighted by Crippen LogP contribution is 2.54. The summed E-state index contributed by atoms with van der Waals surface area (Å²) >= 11 is 0. The molecule has 0 aromatic heterocycles. The summed E-state index contributed by atoms with van der Waals surface area (Å²) in [5.74, 6) is -2.17. The first-order valence-corrected chi connectivity index (χ1v) is 6.76. The molecule has 4 N–H and O–H groups in total. The van der Waals surface area contributed by atoms with Crippen molar-refractivity contribution in [1.82, 2.24) is 0 Å². The van der Waals surface area contributed by atoms with Crippen LogP contribution in [0.25, 0.3) is 0 Å². The summed E-state index contributed by atoms with van der Waals surface area (Å²) in [7, 11) is -4.72. The van der Waals surface area contributed by atoms with Crippen LogP contribution in [0.15, 0.2) is 0 Å². The van der Waals surface area contributed by atoms with E-state index in [2.05, 4.69) is 0 Å². The maximum atomic E-state index is 11.2. The minimum Gasteiger partial charge on any atom is -0.481 e. The highest BCUT2D eigenvalue weighted by Gasteiger charge is 2.46. The van der Waals surface area contributed by atoms with Crippen molar-refractivity contribution in [3.05, 3.63) is 0 Å². The standard InChI is InChI=1S/C9H19O6P/c1-3-4-5-9(12,16(13,14)15)6-7(2)8(10)11/h7,12H,3-6H2,1-2H3,(H,10,11)(H2,13,14,15). The van der Waals surface area contributed by atoms with Crippen molar-refractivity contribution in [2.24, 2.45) is 5.92 Å². The fourth-order valence-corrected chi connectivity index (χ4v) is 2.37. The lowest BCUT2D eigenvalue weighted by atomic mass is 9.99. The minimum atomic E-state index is -4.72. The van der Waals surface area contributed by atoms with Crippen LogP contribution in [0.1, 0.15) is 39.5 Å². The Kier molecular flexibility index (Phi) is 5.62. The Labute approximate surface area is 94.5 Å². The van der Waals surface area contributed by atoms with Crippen molar-refractivity contribution < 1.29 is 29.4 Å². The molecule has 0 spiro atoms. The Morgan fingerprint density at radius 1 is 1.44 bits per heavy atom. The lowest BCUT2D eigenvalue weighted by Crippen LogP contribution is -2.33. The number of carboxylic acids is 1. The molecule has 0 aromatic rings. The molecule has 16 heavy (non-hydrogen) atoms. The summed E-state index contributed by atoms with van der Waals surface area (Å²) in [4.78, 5) is 28.7. The number of aliphatic hydroxyl groups is 1. The zero-order chi connectivity index (χ0) is 13.0. The van der Waals surface area contributed by atoms with Gasteiger partial charge in [0.1, 0.15) is 0 Å². The first-order valence-electron chi connectivity index (χ1n) is 5.15. The van der Waals surface area contributed by atoms with Gasteiger partial charge in [0.05, 0.1) is 5.92 Å². The van der Waals surface area contributed by atoms with Gasteiger partial charge in [0.2, 0.25) is 0 Å². The van der Waals surface area contributed by atoms with Crippen molar-refractivity contribution in [3.63, 3.8) is 0 Å². The molecule has 0 aliphatic carbocycles. The maximum Gasteiger partial charge on any atom is 0.356 e. The Hall–Kier alpha value is -0.420. The summed E-state index contributed by atoms with van der Waals surface area (Å²) in [5, 5.41) is 16.3. The number of carboxylic acid groups (broad SMARTS) is 1. The Balaban J connectivity index is 4.81. The molecule has 0 rings (SSSR count). The molecule has 0 aromatic carbocycles. The molecule has 6 nitrogen and oxygen atoms in total. The molecule has 2 atom stereocenters. The predicted molar refractivity (Wildman–Crippen MR) is 57.9 cm³/mol. The first-order chi connectivity index (χ1) is 7.14. The van der Waals surface area contributed by atoms with Crippen LogP contribution in [0.2, 0.25) is 0 Å². The van der Waals surface area contributed by atoms with E-state index in [1.807, 2.05) is 6.92 Å². The molecular weight excluding hydrogens is 235 g/mol. The first kappa shape index (κ1) is 15.6. The van der Waals surface area contributed by atoms with Gasteiger partial charge in [0, 0.05) is 6.42 Å². The topological polar surface area (TPSA) is 115 Å². The summed E-state index contributed by atoms with van der Waals surface area (Å²) in [5.41, 5.74) is 0. The second-order valence-electron chi connectivity index (χ2n) is 4.07. The Bertz CT molecular complexity index is 286. The molecule has 0 radical (unpaired) electrons. The lowest BCUT2D eigenvalue weighted by molar-refractivity contribution is -0.142. The molecule has 0 saturated carbocycles. The Morgan fingerprint density at radius 3 is 2.25 bits per heavy atom. The summed E-state index contributed by atoms with van der Waals surface area (Å²) < 4.78 is 11.2. The Morgan fingerprint density at radius 2 is 1.94 bits per heavy atom. The van der Waals surface area contributed by atoms with Crippen LogP contribution in [-0.4, -0.2) is 31.3 Å². The normalized spacial score (nSPS) is 17.8. The van der Waals surface area contributed by atoms with Gasteiger partial charge in [0.15, 0.2) is 5.34 Å². The largest absolute Gasteiger partial charge is 0.481 e. The molecule has 0 saturated heterocycles. The van der Waals surface area contributed by atoms with Crippen molar-refractivity contribution in [1.29, 1.82) is 0 Å². The lowest BCUT2D eigenvalue weighted by Gasteiger charge is -2.30. The van der Waals surface area contributed by atoms with Gasteiger partial charge in [-0.25, -0.2) is 0 Å². The van der Waals surface area contributed by atoms with Gasteiger partial charge < -0.3 is 20.0 Å². The van der Waals surface area contributed by atoms with E-state index in [-0.39, 0.29) is 6.42 Å². The van der Waals surface area contributed by atoms with E-state index in [0.717, 1.165) is 0 Å².